The Morgan fingerprint density at radius 2 is 2.12 bits per heavy atom. The molecule has 0 amide bonds. The first-order valence-electron chi connectivity index (χ1n) is 3.74. The Bertz CT molecular complexity index is 509. The summed E-state index contributed by atoms with van der Waals surface area (Å²) in [6, 6.07) is 0.970. The van der Waals surface area contributed by atoms with Gasteiger partial charge in [-0.05, 0) is 22.6 Å². The van der Waals surface area contributed by atoms with Crippen LogP contribution in [0.25, 0.3) is 0 Å². The van der Waals surface area contributed by atoms with Crippen LogP contribution in [0.5, 0.6) is 5.88 Å². The van der Waals surface area contributed by atoms with E-state index in [4.69, 9.17) is 10.7 Å². The SMILES string of the molecule is COc1cc(C(F)F)c(I)c(S(=O)(=O)Cl)n1. The van der Waals surface area contributed by atoms with Crippen LogP contribution < -0.4 is 4.74 Å². The quantitative estimate of drug-likeness (QED) is 0.595. The molecule has 0 bridgehead atoms. The molecule has 1 aromatic rings. The fourth-order valence-corrected chi connectivity index (χ4v) is 3.56. The highest BCUT2D eigenvalue weighted by Crippen LogP contribution is 2.32. The maximum absolute atomic E-state index is 12.6. The van der Waals surface area contributed by atoms with Crippen molar-refractivity contribution in [3.63, 3.8) is 0 Å². The average Bonchev–Trinajstić information content (AvgIpc) is 2.15. The van der Waals surface area contributed by atoms with Crippen LogP contribution in [-0.4, -0.2) is 20.5 Å². The van der Waals surface area contributed by atoms with E-state index in [0.717, 1.165) is 6.07 Å². The summed E-state index contributed by atoms with van der Waals surface area (Å²) in [7, 11) is 2.08. The molecule has 0 saturated carbocycles. The Morgan fingerprint density at radius 1 is 1.56 bits per heavy atom. The molecule has 0 fully saturated rings. The molecule has 90 valence electrons. The third-order valence-electron chi connectivity index (χ3n) is 1.61. The van der Waals surface area contributed by atoms with Gasteiger partial charge in [0.1, 0.15) is 0 Å². The van der Waals surface area contributed by atoms with Gasteiger partial charge >= 0.3 is 0 Å². The molecular weight excluding hydrogens is 379 g/mol. The molecule has 0 aliphatic carbocycles. The highest BCUT2D eigenvalue weighted by atomic mass is 127. The summed E-state index contributed by atoms with van der Waals surface area (Å²) in [5, 5.41) is -0.621. The van der Waals surface area contributed by atoms with Crippen LogP contribution in [0.3, 0.4) is 0 Å². The van der Waals surface area contributed by atoms with E-state index in [9.17, 15) is 17.2 Å². The summed E-state index contributed by atoms with van der Waals surface area (Å²) in [6.07, 6.45) is -2.83. The summed E-state index contributed by atoms with van der Waals surface area (Å²) in [5.74, 6) is -0.227. The van der Waals surface area contributed by atoms with Crippen molar-refractivity contribution in [1.29, 1.82) is 0 Å². The number of nitrogens with zero attached hydrogens (tertiary/aromatic N) is 1. The maximum atomic E-state index is 12.6. The van der Waals surface area contributed by atoms with E-state index in [1.165, 1.54) is 29.7 Å². The van der Waals surface area contributed by atoms with Crippen molar-refractivity contribution in [2.45, 2.75) is 11.5 Å². The summed E-state index contributed by atoms with van der Waals surface area (Å²) < 4.78 is 51.8. The van der Waals surface area contributed by atoms with Crippen molar-refractivity contribution in [2.24, 2.45) is 0 Å². The van der Waals surface area contributed by atoms with E-state index < -0.39 is 26.1 Å². The summed E-state index contributed by atoms with van der Waals surface area (Å²) >= 11 is 1.45. The lowest BCUT2D eigenvalue weighted by Crippen LogP contribution is -2.05. The summed E-state index contributed by atoms with van der Waals surface area (Å²) in [4.78, 5) is 3.52. The molecule has 1 heterocycles. The zero-order chi connectivity index (χ0) is 12.5. The summed E-state index contributed by atoms with van der Waals surface area (Å²) in [6.45, 7) is 0. The predicted molar refractivity (Wildman–Crippen MR) is 61.5 cm³/mol. The zero-order valence-corrected chi connectivity index (χ0v) is 11.5. The molecule has 16 heavy (non-hydrogen) atoms. The molecule has 0 saturated heterocycles. The van der Waals surface area contributed by atoms with E-state index in [1.807, 2.05) is 0 Å². The Kier molecular flexibility index (Phi) is 4.29. The topological polar surface area (TPSA) is 56.3 Å². The van der Waals surface area contributed by atoms with Gasteiger partial charge < -0.3 is 4.74 Å². The molecule has 0 aliphatic rings. The third kappa shape index (κ3) is 2.92. The van der Waals surface area contributed by atoms with Gasteiger partial charge in [0.25, 0.3) is 15.5 Å². The average molecular weight is 384 g/mol. The predicted octanol–water partition coefficient (Wildman–Crippen LogP) is 2.56. The smallest absolute Gasteiger partial charge is 0.279 e. The highest BCUT2D eigenvalue weighted by Gasteiger charge is 2.24. The van der Waals surface area contributed by atoms with E-state index in [1.54, 1.807) is 0 Å². The lowest BCUT2D eigenvalue weighted by atomic mass is 10.3. The van der Waals surface area contributed by atoms with Gasteiger partial charge in [0, 0.05) is 22.3 Å². The number of rotatable bonds is 3. The minimum Gasteiger partial charge on any atom is -0.481 e. The Morgan fingerprint density at radius 3 is 2.50 bits per heavy atom. The van der Waals surface area contributed by atoms with Crippen LogP contribution in [0.15, 0.2) is 11.1 Å². The second kappa shape index (κ2) is 4.96. The largest absolute Gasteiger partial charge is 0.481 e. The van der Waals surface area contributed by atoms with Gasteiger partial charge in [-0.2, -0.15) is 4.98 Å². The van der Waals surface area contributed by atoms with Gasteiger partial charge in [-0.3, -0.25) is 0 Å². The van der Waals surface area contributed by atoms with Crippen molar-refractivity contribution in [3.05, 3.63) is 15.2 Å². The Hall–Kier alpha value is -0.220. The minimum absolute atomic E-state index is 0.205. The van der Waals surface area contributed by atoms with Crippen LogP contribution in [0.2, 0.25) is 0 Å². The molecule has 0 spiro atoms. The van der Waals surface area contributed by atoms with Crippen molar-refractivity contribution in [1.82, 2.24) is 4.98 Å². The molecule has 4 nitrogen and oxygen atoms in total. The van der Waals surface area contributed by atoms with Crippen LogP contribution in [-0.2, 0) is 9.05 Å². The van der Waals surface area contributed by atoms with Crippen molar-refractivity contribution >= 4 is 42.3 Å². The molecule has 0 aromatic carbocycles. The van der Waals surface area contributed by atoms with Crippen LogP contribution in [0.4, 0.5) is 8.78 Å². The molecule has 0 aliphatic heterocycles. The van der Waals surface area contributed by atoms with Crippen LogP contribution >= 0.6 is 33.3 Å². The first-order valence-corrected chi connectivity index (χ1v) is 7.13. The number of aromatic nitrogens is 1. The molecule has 0 N–H and O–H groups in total. The standard InChI is InChI=1S/C7H5ClF2INO3S/c1-15-4-2-3(6(9)10)5(11)7(12-4)16(8,13)14/h2,6H,1H3. The fraction of sp³-hybridized carbons (Fsp3) is 0.286. The molecule has 0 atom stereocenters. The molecular formula is C7H5ClF2INO3S. The van der Waals surface area contributed by atoms with E-state index in [2.05, 4.69) is 9.72 Å². The number of methoxy groups -OCH3 is 1. The van der Waals surface area contributed by atoms with Gasteiger partial charge in [0.05, 0.1) is 10.7 Å². The summed E-state index contributed by atoms with van der Waals surface area (Å²) in [5.41, 5.74) is -0.480. The lowest BCUT2D eigenvalue weighted by molar-refractivity contribution is 0.149. The third-order valence-corrected chi connectivity index (χ3v) is 4.30. The second-order valence-electron chi connectivity index (χ2n) is 2.61. The second-order valence-corrected chi connectivity index (χ2v) is 6.17. The zero-order valence-electron chi connectivity index (χ0n) is 7.75. The van der Waals surface area contributed by atoms with Gasteiger partial charge in [-0.25, -0.2) is 17.2 Å². The number of pyridine rings is 1. The molecule has 9 heteroatoms. The molecule has 1 aromatic heterocycles. The fourth-order valence-electron chi connectivity index (χ4n) is 0.926. The number of hydrogen-bond acceptors (Lipinski definition) is 4. The van der Waals surface area contributed by atoms with Crippen LogP contribution in [0.1, 0.15) is 12.0 Å². The number of ether oxygens (including phenoxy) is 1. The molecule has 1 rings (SSSR count). The van der Waals surface area contributed by atoms with Gasteiger partial charge in [0.15, 0.2) is 5.03 Å². The monoisotopic (exact) mass is 383 g/mol. The normalized spacial score (nSPS) is 11.9. The van der Waals surface area contributed by atoms with Crippen LogP contribution in [0, 0.1) is 3.57 Å². The molecule has 0 unspecified atom stereocenters. The Labute approximate surface area is 109 Å². The first kappa shape index (κ1) is 13.8. The van der Waals surface area contributed by atoms with E-state index >= 15 is 0 Å². The van der Waals surface area contributed by atoms with Crippen molar-refractivity contribution in [2.75, 3.05) is 7.11 Å². The first-order chi connectivity index (χ1) is 7.27. The number of halogens is 4. The minimum atomic E-state index is -4.18. The van der Waals surface area contributed by atoms with E-state index in [-0.39, 0.29) is 9.45 Å². The van der Waals surface area contributed by atoms with Crippen molar-refractivity contribution < 1.29 is 21.9 Å². The number of hydrogen-bond donors (Lipinski definition) is 0. The maximum Gasteiger partial charge on any atom is 0.279 e. The van der Waals surface area contributed by atoms with E-state index in [0.29, 0.717) is 0 Å². The lowest BCUT2D eigenvalue weighted by Gasteiger charge is -2.08. The van der Waals surface area contributed by atoms with Gasteiger partial charge in [0.2, 0.25) is 5.88 Å². The molecule has 0 radical (unpaired) electrons. The Balaban J connectivity index is 3.56. The van der Waals surface area contributed by atoms with Crippen molar-refractivity contribution in [3.8, 4) is 5.88 Å². The number of alkyl halides is 2. The van der Waals surface area contributed by atoms with Gasteiger partial charge in [-0.15, -0.1) is 0 Å². The van der Waals surface area contributed by atoms with Gasteiger partial charge in [-0.1, -0.05) is 0 Å². The highest BCUT2D eigenvalue weighted by molar-refractivity contribution is 14.1.